The van der Waals surface area contributed by atoms with E-state index in [9.17, 15) is 26.4 Å². The largest absolute Gasteiger partial charge is 0.417 e. The quantitative estimate of drug-likeness (QED) is 0.740. The van der Waals surface area contributed by atoms with Crippen molar-refractivity contribution < 1.29 is 26.4 Å². The van der Waals surface area contributed by atoms with Crippen LogP contribution in [0, 0.1) is 20.8 Å². The Morgan fingerprint density at radius 2 is 1.64 bits per heavy atom. The van der Waals surface area contributed by atoms with Gasteiger partial charge in [0, 0.05) is 5.69 Å². The fourth-order valence-corrected chi connectivity index (χ4v) is 4.50. The number of aryl methyl sites for hydroxylation is 3. The summed E-state index contributed by atoms with van der Waals surface area (Å²) in [7, 11) is -3.98. The molecule has 28 heavy (non-hydrogen) atoms. The number of hydrogen-bond donors (Lipinski definition) is 2. The zero-order valence-electron chi connectivity index (χ0n) is 15.2. The van der Waals surface area contributed by atoms with Crippen molar-refractivity contribution in [1.82, 2.24) is 4.72 Å². The predicted molar refractivity (Wildman–Crippen MR) is 101 cm³/mol. The molecule has 10 heteroatoms. The van der Waals surface area contributed by atoms with Crippen molar-refractivity contribution in [3.05, 3.63) is 57.6 Å². The molecule has 0 aliphatic carbocycles. The number of hydrogen-bond acceptors (Lipinski definition) is 3. The molecule has 0 spiro atoms. The number of amides is 1. The predicted octanol–water partition coefficient (Wildman–Crippen LogP) is 4.20. The van der Waals surface area contributed by atoms with Crippen LogP contribution in [-0.4, -0.2) is 20.9 Å². The van der Waals surface area contributed by atoms with Crippen LogP contribution in [0.3, 0.4) is 0 Å². The smallest absolute Gasteiger partial charge is 0.325 e. The van der Waals surface area contributed by atoms with Crippen LogP contribution in [0.25, 0.3) is 0 Å². The Hall–Kier alpha value is -2.10. The second-order valence-electron chi connectivity index (χ2n) is 6.29. The second-order valence-corrected chi connectivity index (χ2v) is 8.40. The molecular formula is C18H18ClF3N2O3S. The minimum atomic E-state index is -4.68. The second kappa shape index (κ2) is 8.10. The summed E-state index contributed by atoms with van der Waals surface area (Å²) in [6.07, 6.45) is -4.68. The van der Waals surface area contributed by atoms with Gasteiger partial charge in [-0.25, -0.2) is 13.1 Å². The van der Waals surface area contributed by atoms with Crippen LogP contribution >= 0.6 is 11.6 Å². The highest BCUT2D eigenvalue weighted by Crippen LogP contribution is 2.36. The van der Waals surface area contributed by atoms with Gasteiger partial charge < -0.3 is 5.32 Å². The van der Waals surface area contributed by atoms with Crippen LogP contribution in [0.5, 0.6) is 0 Å². The van der Waals surface area contributed by atoms with Crippen molar-refractivity contribution in [1.29, 1.82) is 0 Å². The zero-order valence-corrected chi connectivity index (χ0v) is 16.8. The fourth-order valence-electron chi connectivity index (χ4n) is 2.85. The SMILES string of the molecule is Cc1cc(C)c(S(=O)(=O)NCC(=O)Nc2ccc(Cl)c(C(F)(F)F)c2)c(C)c1. The topological polar surface area (TPSA) is 75.3 Å². The van der Waals surface area contributed by atoms with E-state index in [0.29, 0.717) is 17.2 Å². The third-order valence-corrected chi connectivity index (χ3v) is 5.89. The lowest BCUT2D eigenvalue weighted by Crippen LogP contribution is -2.33. The molecule has 0 atom stereocenters. The molecule has 0 saturated heterocycles. The number of rotatable bonds is 5. The minimum absolute atomic E-state index is 0.0664. The van der Waals surface area contributed by atoms with Crippen LogP contribution in [-0.2, 0) is 21.0 Å². The fraction of sp³-hybridized carbons (Fsp3) is 0.278. The summed E-state index contributed by atoms with van der Waals surface area (Å²) in [6, 6.07) is 6.28. The number of anilines is 1. The standard InChI is InChI=1S/C18H18ClF3N2O3S/c1-10-6-11(2)17(12(3)7-10)28(26,27)23-9-16(25)24-13-4-5-15(19)14(8-13)18(20,21)22/h4-8,23H,9H2,1-3H3,(H,24,25). The third kappa shape index (κ3) is 5.24. The lowest BCUT2D eigenvalue weighted by molar-refractivity contribution is -0.137. The van der Waals surface area contributed by atoms with Crippen LogP contribution in [0.4, 0.5) is 18.9 Å². The van der Waals surface area contributed by atoms with E-state index in [0.717, 1.165) is 11.6 Å². The van der Waals surface area contributed by atoms with E-state index < -0.39 is 39.2 Å². The van der Waals surface area contributed by atoms with Gasteiger partial charge in [-0.1, -0.05) is 29.3 Å². The van der Waals surface area contributed by atoms with E-state index in [1.54, 1.807) is 26.0 Å². The van der Waals surface area contributed by atoms with Gasteiger partial charge in [-0.05, 0) is 50.1 Å². The van der Waals surface area contributed by atoms with Crippen molar-refractivity contribution in [2.24, 2.45) is 0 Å². The lowest BCUT2D eigenvalue weighted by atomic mass is 10.1. The number of nitrogens with one attached hydrogen (secondary N) is 2. The first-order valence-corrected chi connectivity index (χ1v) is 9.91. The van der Waals surface area contributed by atoms with Crippen molar-refractivity contribution in [2.45, 2.75) is 31.8 Å². The van der Waals surface area contributed by atoms with Crippen LogP contribution in [0.1, 0.15) is 22.3 Å². The molecule has 2 aromatic rings. The molecule has 0 aliphatic heterocycles. The molecule has 5 nitrogen and oxygen atoms in total. The van der Waals surface area contributed by atoms with Crippen LogP contribution in [0.2, 0.25) is 5.02 Å². The summed E-state index contributed by atoms with van der Waals surface area (Å²) in [5, 5.41) is 1.72. The summed E-state index contributed by atoms with van der Waals surface area (Å²) < 4.78 is 65.8. The molecule has 2 rings (SSSR count). The summed E-state index contributed by atoms with van der Waals surface area (Å²) in [5.41, 5.74) is 0.702. The molecule has 0 unspecified atom stereocenters. The van der Waals surface area contributed by atoms with E-state index >= 15 is 0 Å². The molecule has 0 heterocycles. The highest BCUT2D eigenvalue weighted by molar-refractivity contribution is 7.89. The van der Waals surface area contributed by atoms with Gasteiger partial charge in [-0.15, -0.1) is 0 Å². The lowest BCUT2D eigenvalue weighted by Gasteiger charge is -2.14. The van der Waals surface area contributed by atoms with E-state index in [1.807, 2.05) is 6.92 Å². The number of halogens is 4. The van der Waals surface area contributed by atoms with Gasteiger partial charge in [-0.3, -0.25) is 4.79 Å². The molecule has 0 aromatic heterocycles. The third-order valence-electron chi connectivity index (χ3n) is 3.85. The Bertz CT molecular complexity index is 998. The highest BCUT2D eigenvalue weighted by atomic mass is 35.5. The van der Waals surface area contributed by atoms with Gasteiger partial charge >= 0.3 is 6.18 Å². The maximum Gasteiger partial charge on any atom is 0.417 e. The molecule has 2 aromatic carbocycles. The molecule has 0 radical (unpaired) electrons. The molecule has 1 amide bonds. The van der Waals surface area contributed by atoms with Crippen molar-refractivity contribution in [2.75, 3.05) is 11.9 Å². The molecule has 0 saturated carbocycles. The van der Waals surface area contributed by atoms with Gasteiger partial charge in [0.2, 0.25) is 15.9 Å². The number of carbonyl (C=O) groups is 1. The van der Waals surface area contributed by atoms with Gasteiger partial charge in [0.15, 0.2) is 0 Å². The molecule has 152 valence electrons. The van der Waals surface area contributed by atoms with Crippen LogP contribution < -0.4 is 10.0 Å². The number of benzene rings is 2. The zero-order chi connectivity index (χ0) is 21.3. The Morgan fingerprint density at radius 3 is 2.18 bits per heavy atom. The summed E-state index contributed by atoms with van der Waals surface area (Å²) >= 11 is 5.52. The Kier molecular flexibility index (Phi) is 6.42. The Labute approximate surface area is 166 Å². The summed E-state index contributed by atoms with van der Waals surface area (Å²) in [5.74, 6) is -0.818. The highest BCUT2D eigenvalue weighted by Gasteiger charge is 2.33. The molecule has 0 fully saturated rings. The first-order valence-electron chi connectivity index (χ1n) is 8.05. The van der Waals surface area contributed by atoms with Gasteiger partial charge in [0.25, 0.3) is 0 Å². The number of carbonyl (C=O) groups excluding carboxylic acids is 1. The summed E-state index contributed by atoms with van der Waals surface area (Å²) in [6.45, 7) is 4.47. The van der Waals surface area contributed by atoms with E-state index in [4.69, 9.17) is 11.6 Å². The number of sulfonamides is 1. The van der Waals surface area contributed by atoms with E-state index in [2.05, 4.69) is 10.0 Å². The Morgan fingerprint density at radius 1 is 1.07 bits per heavy atom. The molecule has 0 aliphatic rings. The minimum Gasteiger partial charge on any atom is -0.325 e. The number of alkyl halides is 3. The first kappa shape index (κ1) is 22.2. The van der Waals surface area contributed by atoms with Crippen LogP contribution in [0.15, 0.2) is 35.2 Å². The average Bonchev–Trinajstić information content (AvgIpc) is 2.52. The molecular weight excluding hydrogens is 417 g/mol. The van der Waals surface area contributed by atoms with E-state index in [-0.39, 0.29) is 10.6 Å². The average molecular weight is 435 g/mol. The Balaban J connectivity index is 2.13. The maximum atomic E-state index is 12.9. The summed E-state index contributed by atoms with van der Waals surface area (Å²) in [4.78, 5) is 12.1. The van der Waals surface area contributed by atoms with Crippen molar-refractivity contribution in [3.63, 3.8) is 0 Å². The van der Waals surface area contributed by atoms with Gasteiger partial charge in [0.1, 0.15) is 0 Å². The normalized spacial score (nSPS) is 12.1. The van der Waals surface area contributed by atoms with Gasteiger partial charge in [-0.2, -0.15) is 13.2 Å². The van der Waals surface area contributed by atoms with Crippen molar-refractivity contribution >= 4 is 33.2 Å². The van der Waals surface area contributed by atoms with Gasteiger partial charge in [0.05, 0.1) is 22.0 Å². The van der Waals surface area contributed by atoms with Crippen molar-refractivity contribution in [3.8, 4) is 0 Å². The molecule has 0 bridgehead atoms. The monoisotopic (exact) mass is 434 g/mol. The maximum absolute atomic E-state index is 12.9. The van der Waals surface area contributed by atoms with E-state index in [1.165, 1.54) is 6.07 Å². The molecule has 2 N–H and O–H groups in total. The first-order chi connectivity index (χ1) is 12.8.